The van der Waals surface area contributed by atoms with Crippen molar-refractivity contribution in [3.05, 3.63) is 18.1 Å². The fourth-order valence-corrected chi connectivity index (χ4v) is 0.797. The van der Waals surface area contributed by atoms with E-state index in [1.165, 1.54) is 6.33 Å². The van der Waals surface area contributed by atoms with Crippen LogP contribution in [0.3, 0.4) is 0 Å². The summed E-state index contributed by atoms with van der Waals surface area (Å²) in [4.78, 5) is 7.98. The van der Waals surface area contributed by atoms with Crippen LogP contribution in [0.15, 0.2) is 12.4 Å². The van der Waals surface area contributed by atoms with Gasteiger partial charge in [-0.2, -0.15) is 0 Å². The monoisotopic (exact) mass is 161 g/mol. The summed E-state index contributed by atoms with van der Waals surface area (Å²) in [5.74, 6) is 3.33. The topological polar surface area (TPSA) is 37.8 Å². The molecular formula is C9H11N3. The summed E-state index contributed by atoms with van der Waals surface area (Å²) in [6.07, 6.45) is 6.72. The van der Waals surface area contributed by atoms with E-state index >= 15 is 0 Å². The quantitative estimate of drug-likeness (QED) is 0.663. The Morgan fingerprint density at radius 2 is 2.33 bits per heavy atom. The van der Waals surface area contributed by atoms with Gasteiger partial charge in [0, 0.05) is 11.8 Å². The maximum Gasteiger partial charge on any atom is 0.130 e. The Hall–Kier alpha value is -1.56. The normalized spacial score (nSPS) is 11.8. The van der Waals surface area contributed by atoms with Gasteiger partial charge in [0.25, 0.3) is 0 Å². The molecule has 0 aliphatic heterocycles. The van der Waals surface area contributed by atoms with Crippen molar-refractivity contribution in [2.75, 3.05) is 5.32 Å². The molecule has 0 fully saturated rings. The number of nitrogens with zero attached hydrogens (tertiary/aromatic N) is 2. The highest BCUT2D eigenvalue weighted by Crippen LogP contribution is 2.03. The van der Waals surface area contributed by atoms with Crippen LogP contribution in [0, 0.1) is 19.3 Å². The first-order valence-electron chi connectivity index (χ1n) is 3.73. The van der Waals surface area contributed by atoms with Gasteiger partial charge in [-0.1, -0.05) is 5.92 Å². The van der Waals surface area contributed by atoms with E-state index < -0.39 is 0 Å². The van der Waals surface area contributed by atoms with Crippen LogP contribution in [0.2, 0.25) is 0 Å². The molecule has 0 saturated heterocycles. The number of aryl methyl sites for hydroxylation is 1. The highest BCUT2D eigenvalue weighted by atomic mass is 15.0. The van der Waals surface area contributed by atoms with Crippen LogP contribution in [0.5, 0.6) is 0 Å². The second-order valence-corrected chi connectivity index (χ2v) is 2.58. The highest BCUT2D eigenvalue weighted by molar-refractivity contribution is 5.37. The van der Waals surface area contributed by atoms with Crippen LogP contribution in [0.4, 0.5) is 5.82 Å². The first kappa shape index (κ1) is 8.54. The van der Waals surface area contributed by atoms with Crippen molar-refractivity contribution >= 4 is 5.82 Å². The second-order valence-electron chi connectivity index (χ2n) is 2.58. The molecule has 0 aliphatic carbocycles. The van der Waals surface area contributed by atoms with Crippen LogP contribution in [0.25, 0.3) is 0 Å². The molecule has 1 aromatic rings. The van der Waals surface area contributed by atoms with Crippen LogP contribution in [0.1, 0.15) is 12.6 Å². The first-order chi connectivity index (χ1) is 5.72. The van der Waals surface area contributed by atoms with Crippen LogP contribution in [-0.4, -0.2) is 16.0 Å². The Morgan fingerprint density at radius 1 is 1.58 bits per heavy atom. The summed E-state index contributed by atoms with van der Waals surface area (Å²) in [5.41, 5.74) is 0.928. The van der Waals surface area contributed by atoms with Crippen molar-refractivity contribution in [2.45, 2.75) is 19.9 Å². The van der Waals surface area contributed by atoms with Gasteiger partial charge in [0.1, 0.15) is 12.1 Å². The van der Waals surface area contributed by atoms with Gasteiger partial charge in [-0.3, -0.25) is 0 Å². The lowest BCUT2D eigenvalue weighted by Gasteiger charge is -2.07. The number of aromatic nitrogens is 2. The van der Waals surface area contributed by atoms with E-state index in [0.717, 1.165) is 11.5 Å². The van der Waals surface area contributed by atoms with Gasteiger partial charge in [0.15, 0.2) is 0 Å². The summed E-state index contributed by atoms with van der Waals surface area (Å²) in [7, 11) is 0. The number of rotatable bonds is 2. The van der Waals surface area contributed by atoms with E-state index in [1.807, 2.05) is 19.9 Å². The fraction of sp³-hybridized carbons (Fsp3) is 0.333. The Labute approximate surface area is 72.2 Å². The van der Waals surface area contributed by atoms with Crippen LogP contribution < -0.4 is 5.32 Å². The van der Waals surface area contributed by atoms with Crippen LogP contribution in [-0.2, 0) is 0 Å². The molecule has 0 saturated carbocycles. The van der Waals surface area contributed by atoms with E-state index in [2.05, 4.69) is 21.2 Å². The van der Waals surface area contributed by atoms with Gasteiger partial charge in [-0.25, -0.2) is 9.97 Å². The van der Waals surface area contributed by atoms with Crippen molar-refractivity contribution < 1.29 is 0 Å². The third-order valence-electron chi connectivity index (χ3n) is 1.42. The molecule has 1 heterocycles. The molecule has 1 atom stereocenters. The van der Waals surface area contributed by atoms with Crippen molar-refractivity contribution in [2.24, 2.45) is 0 Å². The SMILES string of the molecule is C#CC(C)Nc1cc(C)ncn1. The van der Waals surface area contributed by atoms with Crippen molar-refractivity contribution in [3.8, 4) is 12.3 Å². The molecule has 1 unspecified atom stereocenters. The average Bonchev–Trinajstić information content (AvgIpc) is 2.04. The van der Waals surface area contributed by atoms with Gasteiger partial charge >= 0.3 is 0 Å². The van der Waals surface area contributed by atoms with E-state index in [1.54, 1.807) is 0 Å². The van der Waals surface area contributed by atoms with E-state index in [4.69, 9.17) is 6.42 Å². The number of nitrogens with one attached hydrogen (secondary N) is 1. The summed E-state index contributed by atoms with van der Waals surface area (Å²) in [5, 5.41) is 3.05. The fourth-order valence-electron chi connectivity index (χ4n) is 0.797. The Balaban J connectivity index is 2.71. The van der Waals surface area contributed by atoms with Gasteiger partial charge in [0.05, 0.1) is 6.04 Å². The summed E-state index contributed by atoms with van der Waals surface area (Å²) < 4.78 is 0. The van der Waals surface area contributed by atoms with Crippen molar-refractivity contribution in [1.29, 1.82) is 0 Å². The second kappa shape index (κ2) is 3.72. The van der Waals surface area contributed by atoms with E-state index in [0.29, 0.717) is 0 Å². The zero-order chi connectivity index (χ0) is 8.97. The molecule has 0 amide bonds. The smallest absolute Gasteiger partial charge is 0.130 e. The molecule has 1 N–H and O–H groups in total. The predicted octanol–water partition coefficient (Wildman–Crippen LogP) is 1.22. The van der Waals surface area contributed by atoms with E-state index in [-0.39, 0.29) is 6.04 Å². The maximum atomic E-state index is 5.20. The lowest BCUT2D eigenvalue weighted by atomic mass is 10.3. The molecule has 3 heteroatoms. The van der Waals surface area contributed by atoms with Gasteiger partial charge in [-0.15, -0.1) is 6.42 Å². The van der Waals surface area contributed by atoms with Crippen molar-refractivity contribution in [1.82, 2.24) is 9.97 Å². The van der Waals surface area contributed by atoms with Crippen molar-refractivity contribution in [3.63, 3.8) is 0 Å². The third-order valence-corrected chi connectivity index (χ3v) is 1.42. The predicted molar refractivity (Wildman–Crippen MR) is 48.7 cm³/mol. The summed E-state index contributed by atoms with van der Waals surface area (Å²) in [6.45, 7) is 3.81. The number of hydrogen-bond donors (Lipinski definition) is 1. The average molecular weight is 161 g/mol. The third kappa shape index (κ3) is 2.24. The molecule has 3 nitrogen and oxygen atoms in total. The molecule has 12 heavy (non-hydrogen) atoms. The molecule has 1 rings (SSSR count). The van der Waals surface area contributed by atoms with Gasteiger partial charge in [-0.05, 0) is 13.8 Å². The molecule has 62 valence electrons. The zero-order valence-corrected chi connectivity index (χ0v) is 7.20. The minimum atomic E-state index is -0.000648. The lowest BCUT2D eigenvalue weighted by Crippen LogP contribution is -2.13. The number of anilines is 1. The summed E-state index contributed by atoms with van der Waals surface area (Å²) >= 11 is 0. The lowest BCUT2D eigenvalue weighted by molar-refractivity contribution is 0.994. The largest absolute Gasteiger partial charge is 0.357 e. The number of hydrogen-bond acceptors (Lipinski definition) is 3. The zero-order valence-electron chi connectivity index (χ0n) is 7.20. The minimum absolute atomic E-state index is 0.000648. The molecule has 1 aromatic heterocycles. The number of terminal acetylenes is 1. The molecule has 0 aromatic carbocycles. The summed E-state index contributed by atoms with van der Waals surface area (Å²) in [6, 6.07) is 1.85. The Kier molecular flexibility index (Phi) is 2.65. The van der Waals surface area contributed by atoms with Gasteiger partial charge < -0.3 is 5.32 Å². The molecule has 0 aliphatic rings. The molecule has 0 spiro atoms. The molecular weight excluding hydrogens is 150 g/mol. The van der Waals surface area contributed by atoms with Gasteiger partial charge in [0.2, 0.25) is 0 Å². The first-order valence-corrected chi connectivity index (χ1v) is 3.73. The Morgan fingerprint density at radius 3 is 2.92 bits per heavy atom. The molecule has 0 radical (unpaired) electrons. The Bertz CT molecular complexity index is 301. The standard InChI is InChI=1S/C9H11N3/c1-4-7(2)12-9-5-8(3)10-6-11-9/h1,5-7H,2-3H3,(H,10,11,12). The van der Waals surface area contributed by atoms with Crippen LogP contribution >= 0.6 is 0 Å². The highest BCUT2D eigenvalue weighted by Gasteiger charge is 1.97. The molecule has 0 bridgehead atoms. The maximum absolute atomic E-state index is 5.20. The minimum Gasteiger partial charge on any atom is -0.357 e. The van der Waals surface area contributed by atoms with E-state index in [9.17, 15) is 0 Å².